The topological polar surface area (TPSA) is 77.5 Å². The van der Waals surface area contributed by atoms with Crippen LogP contribution in [-0.2, 0) is 22.5 Å². The van der Waals surface area contributed by atoms with Crippen LogP contribution in [0.5, 0.6) is 17.2 Å². The number of methoxy groups -OCH3 is 4. The van der Waals surface area contributed by atoms with Crippen molar-refractivity contribution < 1.29 is 28.5 Å². The van der Waals surface area contributed by atoms with Crippen molar-refractivity contribution >= 4 is 23.2 Å². The average Bonchev–Trinajstić information content (AvgIpc) is 3.47. The Morgan fingerprint density at radius 1 is 0.816 bits per heavy atom. The fourth-order valence-electron chi connectivity index (χ4n) is 4.09. The smallest absolute Gasteiger partial charge is 0.258 e. The molecule has 9 heteroatoms. The first-order valence-corrected chi connectivity index (χ1v) is 13.3. The van der Waals surface area contributed by atoms with Crippen LogP contribution in [-0.4, -0.2) is 76.3 Å². The van der Waals surface area contributed by atoms with Gasteiger partial charge in [0.2, 0.25) is 5.91 Å². The molecule has 0 aliphatic rings. The van der Waals surface area contributed by atoms with Gasteiger partial charge < -0.3 is 28.7 Å². The quantitative estimate of drug-likeness (QED) is 0.264. The average molecular weight is 541 g/mol. The molecule has 0 aliphatic heterocycles. The van der Waals surface area contributed by atoms with Gasteiger partial charge in [0.25, 0.3) is 5.91 Å². The molecule has 0 spiro atoms. The van der Waals surface area contributed by atoms with Gasteiger partial charge in [0.05, 0.1) is 33.4 Å². The minimum atomic E-state index is -0.247. The summed E-state index contributed by atoms with van der Waals surface area (Å²) >= 11 is 1.60. The van der Waals surface area contributed by atoms with Gasteiger partial charge >= 0.3 is 0 Å². The molecule has 38 heavy (non-hydrogen) atoms. The maximum Gasteiger partial charge on any atom is 0.258 e. The molecule has 8 nitrogen and oxygen atoms in total. The molecule has 0 unspecified atom stereocenters. The third-order valence-corrected chi connectivity index (χ3v) is 6.99. The van der Waals surface area contributed by atoms with Crippen LogP contribution in [0.3, 0.4) is 0 Å². The van der Waals surface area contributed by atoms with Crippen LogP contribution in [0.15, 0.2) is 60.0 Å². The molecule has 0 fully saturated rings. The van der Waals surface area contributed by atoms with Crippen molar-refractivity contribution in [1.29, 1.82) is 0 Å². The minimum absolute atomic E-state index is 0.0437. The lowest BCUT2D eigenvalue weighted by atomic mass is 10.1. The molecule has 1 heterocycles. The number of hydrogen-bond acceptors (Lipinski definition) is 7. The van der Waals surface area contributed by atoms with Gasteiger partial charge in [-0.05, 0) is 54.1 Å². The molecule has 0 N–H and O–H groups in total. The molecule has 0 atom stereocenters. The predicted octanol–water partition coefficient (Wildman–Crippen LogP) is 4.52. The zero-order valence-electron chi connectivity index (χ0n) is 22.5. The van der Waals surface area contributed by atoms with E-state index in [2.05, 4.69) is 0 Å². The summed E-state index contributed by atoms with van der Waals surface area (Å²) in [5.41, 5.74) is 1.45. The number of ether oxygens (including phenoxy) is 4. The maximum atomic E-state index is 13.7. The van der Waals surface area contributed by atoms with Crippen molar-refractivity contribution in [2.24, 2.45) is 0 Å². The highest BCUT2D eigenvalue weighted by Crippen LogP contribution is 2.28. The monoisotopic (exact) mass is 540 g/mol. The van der Waals surface area contributed by atoms with E-state index in [1.807, 2.05) is 41.8 Å². The number of hydrogen-bond donors (Lipinski definition) is 0. The Hall–Kier alpha value is -3.56. The van der Waals surface area contributed by atoms with Gasteiger partial charge in [0.1, 0.15) is 12.3 Å². The Morgan fingerprint density at radius 2 is 1.58 bits per heavy atom. The second-order valence-corrected chi connectivity index (χ2v) is 9.64. The standard InChI is InChI=1S/C29H36N2O6S/c1-34-17-8-15-31(29(33)24-10-5-6-11-25(24)35-2)21-28(32)30(20-23-9-7-18-38-23)16-14-22-12-13-26(36-3)27(19-22)37-4/h5-7,9-13,18-19H,8,14-17,20-21H2,1-4H3. The van der Waals surface area contributed by atoms with Crippen molar-refractivity contribution in [1.82, 2.24) is 9.80 Å². The van der Waals surface area contributed by atoms with Gasteiger partial charge in [-0.1, -0.05) is 24.3 Å². The van der Waals surface area contributed by atoms with Crippen molar-refractivity contribution in [3.63, 3.8) is 0 Å². The second kappa shape index (κ2) is 15.0. The lowest BCUT2D eigenvalue weighted by Crippen LogP contribution is -2.44. The number of amides is 2. The Bertz CT molecular complexity index is 1170. The van der Waals surface area contributed by atoms with E-state index in [1.165, 1.54) is 7.11 Å². The number of nitrogens with zero attached hydrogens (tertiary/aromatic N) is 2. The van der Waals surface area contributed by atoms with E-state index >= 15 is 0 Å². The molecule has 1 aromatic heterocycles. The first kappa shape index (κ1) is 29.0. The summed E-state index contributed by atoms with van der Waals surface area (Å²) in [5.74, 6) is 1.41. The highest BCUT2D eigenvalue weighted by Gasteiger charge is 2.24. The van der Waals surface area contributed by atoms with E-state index in [1.54, 1.807) is 60.7 Å². The Kier molecular flexibility index (Phi) is 11.4. The summed E-state index contributed by atoms with van der Waals surface area (Å²) < 4.78 is 21.4. The van der Waals surface area contributed by atoms with Crippen LogP contribution in [0.4, 0.5) is 0 Å². The summed E-state index contributed by atoms with van der Waals surface area (Å²) in [7, 11) is 6.35. The summed E-state index contributed by atoms with van der Waals surface area (Å²) in [5, 5.41) is 1.99. The van der Waals surface area contributed by atoms with Crippen LogP contribution >= 0.6 is 11.3 Å². The molecular formula is C29H36N2O6S. The molecule has 3 aromatic rings. The van der Waals surface area contributed by atoms with Crippen molar-refractivity contribution in [3.05, 3.63) is 76.0 Å². The highest BCUT2D eigenvalue weighted by molar-refractivity contribution is 7.09. The van der Waals surface area contributed by atoms with E-state index < -0.39 is 0 Å². The van der Waals surface area contributed by atoms with E-state index in [9.17, 15) is 9.59 Å². The zero-order valence-corrected chi connectivity index (χ0v) is 23.3. The molecule has 2 aromatic carbocycles. The normalized spacial score (nSPS) is 10.6. The summed E-state index contributed by atoms with van der Waals surface area (Å²) in [6.07, 6.45) is 1.24. The van der Waals surface area contributed by atoms with Crippen molar-refractivity contribution in [2.45, 2.75) is 19.4 Å². The molecule has 0 bridgehead atoms. The molecule has 0 radical (unpaired) electrons. The zero-order chi connectivity index (χ0) is 27.3. The van der Waals surface area contributed by atoms with Crippen LogP contribution < -0.4 is 14.2 Å². The van der Waals surface area contributed by atoms with Crippen LogP contribution in [0.1, 0.15) is 27.2 Å². The molecule has 204 valence electrons. The SMILES string of the molecule is COCCCN(CC(=O)N(CCc1ccc(OC)c(OC)c1)Cc1cccs1)C(=O)c1ccccc1OC. The Balaban J connectivity index is 1.80. The van der Waals surface area contributed by atoms with Gasteiger partial charge in [0, 0.05) is 31.7 Å². The number of benzene rings is 2. The van der Waals surface area contributed by atoms with Crippen LogP contribution in [0, 0.1) is 0 Å². The van der Waals surface area contributed by atoms with Crippen LogP contribution in [0.25, 0.3) is 0 Å². The highest BCUT2D eigenvalue weighted by atomic mass is 32.1. The first-order chi connectivity index (χ1) is 18.5. The first-order valence-electron chi connectivity index (χ1n) is 12.4. The fraction of sp³-hybridized carbons (Fsp3) is 0.379. The van der Waals surface area contributed by atoms with Gasteiger partial charge in [-0.15, -0.1) is 11.3 Å². The maximum absolute atomic E-state index is 13.7. The van der Waals surface area contributed by atoms with Gasteiger partial charge in [-0.2, -0.15) is 0 Å². The van der Waals surface area contributed by atoms with Crippen molar-refractivity contribution in [2.75, 3.05) is 54.7 Å². The number of thiophene rings is 1. The molecule has 0 saturated carbocycles. The van der Waals surface area contributed by atoms with Gasteiger partial charge in [-0.25, -0.2) is 0 Å². The van der Waals surface area contributed by atoms with E-state index in [0.717, 1.165) is 10.4 Å². The Morgan fingerprint density at radius 3 is 2.26 bits per heavy atom. The second-order valence-electron chi connectivity index (χ2n) is 8.61. The Labute approximate surface area is 228 Å². The summed E-state index contributed by atoms with van der Waals surface area (Å²) in [6, 6.07) is 16.8. The molecule has 0 aliphatic carbocycles. The summed E-state index contributed by atoms with van der Waals surface area (Å²) in [4.78, 5) is 31.7. The third-order valence-electron chi connectivity index (χ3n) is 6.13. The van der Waals surface area contributed by atoms with Crippen LogP contribution in [0.2, 0.25) is 0 Å². The largest absolute Gasteiger partial charge is 0.496 e. The molecule has 0 saturated heterocycles. The lowest BCUT2D eigenvalue weighted by Gasteiger charge is -2.28. The number of carbonyl (C=O) groups is 2. The summed E-state index contributed by atoms with van der Waals surface area (Å²) in [6.45, 7) is 1.79. The third kappa shape index (κ3) is 7.97. The van der Waals surface area contributed by atoms with E-state index in [0.29, 0.717) is 61.9 Å². The minimum Gasteiger partial charge on any atom is -0.496 e. The predicted molar refractivity (Wildman–Crippen MR) is 148 cm³/mol. The number of carbonyl (C=O) groups excluding carboxylic acids is 2. The lowest BCUT2D eigenvalue weighted by molar-refractivity contribution is -0.132. The number of rotatable bonds is 15. The van der Waals surface area contributed by atoms with E-state index in [-0.39, 0.29) is 18.4 Å². The molecule has 3 rings (SSSR count). The van der Waals surface area contributed by atoms with E-state index in [4.69, 9.17) is 18.9 Å². The number of para-hydroxylation sites is 1. The molecular weight excluding hydrogens is 504 g/mol. The molecule has 2 amide bonds. The van der Waals surface area contributed by atoms with Gasteiger partial charge in [0.15, 0.2) is 11.5 Å². The fourth-order valence-corrected chi connectivity index (χ4v) is 4.81. The van der Waals surface area contributed by atoms with Gasteiger partial charge in [-0.3, -0.25) is 9.59 Å². The van der Waals surface area contributed by atoms with Crippen molar-refractivity contribution in [3.8, 4) is 17.2 Å².